The van der Waals surface area contributed by atoms with Crippen molar-refractivity contribution in [2.45, 2.75) is 46.8 Å². The van der Waals surface area contributed by atoms with Crippen LogP contribution >= 0.6 is 0 Å². The van der Waals surface area contributed by atoms with E-state index < -0.39 is 6.10 Å². The van der Waals surface area contributed by atoms with Crippen molar-refractivity contribution < 1.29 is 9.84 Å². The van der Waals surface area contributed by atoms with Gasteiger partial charge in [-0.15, -0.1) is 0 Å². The van der Waals surface area contributed by atoms with Crippen molar-refractivity contribution in [1.82, 2.24) is 5.32 Å². The molecule has 0 aliphatic rings. The van der Waals surface area contributed by atoms with E-state index in [1.54, 1.807) is 0 Å². The van der Waals surface area contributed by atoms with Gasteiger partial charge in [0.05, 0.1) is 12.7 Å². The second kappa shape index (κ2) is 7.51. The molecule has 0 aliphatic carbocycles. The molecule has 0 saturated carbocycles. The number of aliphatic hydroxyl groups is 1. The van der Waals surface area contributed by atoms with E-state index >= 15 is 0 Å². The molecule has 0 heterocycles. The van der Waals surface area contributed by atoms with Crippen molar-refractivity contribution in [1.29, 1.82) is 0 Å². The van der Waals surface area contributed by atoms with Crippen LogP contribution in [0.4, 0.5) is 0 Å². The number of aliphatic hydroxyl groups excluding tert-OH is 1. The summed E-state index contributed by atoms with van der Waals surface area (Å²) < 4.78 is 5.63. The van der Waals surface area contributed by atoms with E-state index in [0.717, 1.165) is 23.4 Å². The Balaban J connectivity index is 3.07. The maximum absolute atomic E-state index is 10.7. The molecule has 0 amide bonds. The normalized spacial score (nSPS) is 14.5. The van der Waals surface area contributed by atoms with Crippen LogP contribution in [-0.2, 0) is 0 Å². The van der Waals surface area contributed by atoms with E-state index in [2.05, 4.69) is 26.1 Å². The third-order valence-electron chi connectivity index (χ3n) is 3.28. The molecule has 2 atom stereocenters. The third kappa shape index (κ3) is 4.22. The van der Waals surface area contributed by atoms with Gasteiger partial charge in [0.2, 0.25) is 0 Å². The molecule has 3 nitrogen and oxygen atoms in total. The molecule has 0 radical (unpaired) electrons. The lowest BCUT2D eigenvalue weighted by Gasteiger charge is -2.28. The van der Waals surface area contributed by atoms with Crippen molar-refractivity contribution in [3.63, 3.8) is 0 Å². The molecule has 3 heteroatoms. The lowest BCUT2D eigenvalue weighted by atomic mass is 9.92. The maximum atomic E-state index is 10.7. The lowest BCUT2D eigenvalue weighted by Crippen LogP contribution is -2.39. The largest absolute Gasteiger partial charge is 0.493 e. The van der Waals surface area contributed by atoms with E-state index in [4.69, 9.17) is 4.74 Å². The van der Waals surface area contributed by atoms with Crippen molar-refractivity contribution in [2.24, 2.45) is 5.92 Å². The van der Waals surface area contributed by atoms with Crippen LogP contribution in [0, 0.1) is 12.8 Å². The molecule has 108 valence electrons. The van der Waals surface area contributed by atoms with E-state index in [0.29, 0.717) is 12.5 Å². The quantitative estimate of drug-likeness (QED) is 0.796. The van der Waals surface area contributed by atoms with Crippen molar-refractivity contribution in [3.05, 3.63) is 29.3 Å². The zero-order chi connectivity index (χ0) is 14.4. The maximum Gasteiger partial charge on any atom is 0.125 e. The summed E-state index contributed by atoms with van der Waals surface area (Å²) in [5, 5.41) is 14.0. The predicted molar refractivity (Wildman–Crippen MR) is 79.6 cm³/mol. The fraction of sp³-hybridized carbons (Fsp3) is 0.625. The minimum Gasteiger partial charge on any atom is -0.493 e. The fourth-order valence-corrected chi connectivity index (χ4v) is 2.33. The van der Waals surface area contributed by atoms with Crippen LogP contribution in [0.25, 0.3) is 0 Å². The Morgan fingerprint density at radius 3 is 2.47 bits per heavy atom. The summed E-state index contributed by atoms with van der Waals surface area (Å²) in [4.78, 5) is 0. The second-order valence-electron chi connectivity index (χ2n) is 5.25. The van der Waals surface area contributed by atoms with Gasteiger partial charge in [0.1, 0.15) is 5.75 Å². The molecule has 1 aromatic rings. The van der Waals surface area contributed by atoms with Crippen LogP contribution in [0.5, 0.6) is 5.75 Å². The van der Waals surface area contributed by atoms with E-state index in [-0.39, 0.29) is 6.04 Å². The van der Waals surface area contributed by atoms with Crippen LogP contribution < -0.4 is 10.1 Å². The molecule has 1 rings (SSSR count). The van der Waals surface area contributed by atoms with Crippen molar-refractivity contribution in [3.8, 4) is 5.75 Å². The fourth-order valence-electron chi connectivity index (χ4n) is 2.33. The Bertz CT molecular complexity index is 390. The highest BCUT2D eigenvalue weighted by atomic mass is 16.5. The molecule has 2 N–H and O–H groups in total. The van der Waals surface area contributed by atoms with Gasteiger partial charge in [-0.05, 0) is 38.4 Å². The Hall–Kier alpha value is -1.06. The van der Waals surface area contributed by atoms with Crippen molar-refractivity contribution >= 4 is 0 Å². The second-order valence-corrected chi connectivity index (χ2v) is 5.25. The zero-order valence-corrected chi connectivity index (χ0v) is 12.7. The summed E-state index contributed by atoms with van der Waals surface area (Å²) in [6, 6.07) is 6.01. The number of benzene rings is 1. The summed E-state index contributed by atoms with van der Waals surface area (Å²) in [6.45, 7) is 11.7. The van der Waals surface area contributed by atoms with Crippen LogP contribution in [-0.4, -0.2) is 24.3 Å². The lowest BCUT2D eigenvalue weighted by molar-refractivity contribution is 0.103. The highest BCUT2D eigenvalue weighted by Gasteiger charge is 2.25. The first-order valence-corrected chi connectivity index (χ1v) is 7.16. The third-order valence-corrected chi connectivity index (χ3v) is 3.28. The summed E-state index contributed by atoms with van der Waals surface area (Å²) in [7, 11) is 0. The molecule has 19 heavy (non-hydrogen) atoms. The zero-order valence-electron chi connectivity index (χ0n) is 12.7. The van der Waals surface area contributed by atoms with Gasteiger partial charge in [-0.1, -0.05) is 32.4 Å². The average Bonchev–Trinajstić information content (AvgIpc) is 2.37. The molecule has 0 aromatic heterocycles. The van der Waals surface area contributed by atoms with Gasteiger partial charge < -0.3 is 15.2 Å². The minimum absolute atomic E-state index is 0.0333. The van der Waals surface area contributed by atoms with E-state index in [9.17, 15) is 5.11 Å². The molecule has 0 bridgehead atoms. The Kier molecular flexibility index (Phi) is 6.32. The van der Waals surface area contributed by atoms with Gasteiger partial charge in [-0.3, -0.25) is 0 Å². The first-order chi connectivity index (χ1) is 9.01. The molecule has 0 fully saturated rings. The van der Waals surface area contributed by atoms with Crippen LogP contribution in [0.2, 0.25) is 0 Å². The van der Waals surface area contributed by atoms with Crippen LogP contribution in [0.3, 0.4) is 0 Å². The summed E-state index contributed by atoms with van der Waals surface area (Å²) in [5.74, 6) is 1.13. The first-order valence-electron chi connectivity index (χ1n) is 7.16. The number of likely N-dealkylation sites (N-methyl/N-ethyl adjacent to an activating group) is 1. The van der Waals surface area contributed by atoms with Crippen LogP contribution in [0.15, 0.2) is 18.2 Å². The first kappa shape index (κ1) is 16.0. The van der Waals surface area contributed by atoms with Crippen LogP contribution in [0.1, 0.15) is 44.9 Å². The van der Waals surface area contributed by atoms with Gasteiger partial charge in [0, 0.05) is 11.6 Å². The number of nitrogens with one attached hydrogen (secondary N) is 1. The molecule has 0 saturated heterocycles. The Labute approximate surface area is 117 Å². The molecule has 0 spiro atoms. The highest BCUT2D eigenvalue weighted by molar-refractivity contribution is 5.39. The molecule has 0 aliphatic heterocycles. The minimum atomic E-state index is -0.554. The molecular weight excluding hydrogens is 238 g/mol. The van der Waals surface area contributed by atoms with E-state index in [1.807, 2.05) is 32.0 Å². The SMILES string of the molecule is CCNC(C(C)C)C(O)c1cc(C)ccc1OCC. The number of hydrogen-bond donors (Lipinski definition) is 2. The van der Waals surface area contributed by atoms with Gasteiger partial charge in [0.25, 0.3) is 0 Å². The molecule has 2 unspecified atom stereocenters. The number of ether oxygens (including phenoxy) is 1. The number of hydrogen-bond acceptors (Lipinski definition) is 3. The van der Waals surface area contributed by atoms with Gasteiger partial charge in [-0.2, -0.15) is 0 Å². The molecule has 1 aromatic carbocycles. The molecular formula is C16H27NO2. The van der Waals surface area contributed by atoms with Crippen molar-refractivity contribution in [2.75, 3.05) is 13.2 Å². The highest BCUT2D eigenvalue weighted by Crippen LogP contribution is 2.30. The summed E-state index contributed by atoms with van der Waals surface area (Å²) in [5.41, 5.74) is 2.01. The number of rotatable bonds is 7. The predicted octanol–water partition coefficient (Wildman–Crippen LogP) is 3.06. The van der Waals surface area contributed by atoms with Gasteiger partial charge in [0.15, 0.2) is 0 Å². The Morgan fingerprint density at radius 2 is 1.95 bits per heavy atom. The van der Waals surface area contributed by atoms with Gasteiger partial charge >= 0.3 is 0 Å². The van der Waals surface area contributed by atoms with E-state index in [1.165, 1.54) is 0 Å². The Morgan fingerprint density at radius 1 is 1.26 bits per heavy atom. The average molecular weight is 265 g/mol. The monoisotopic (exact) mass is 265 g/mol. The van der Waals surface area contributed by atoms with Gasteiger partial charge in [-0.25, -0.2) is 0 Å². The summed E-state index contributed by atoms with van der Waals surface area (Å²) in [6.07, 6.45) is -0.554. The smallest absolute Gasteiger partial charge is 0.125 e. The topological polar surface area (TPSA) is 41.5 Å². The standard InChI is InChI=1S/C16H27NO2/c1-6-17-15(11(3)4)16(18)13-10-12(5)8-9-14(13)19-7-2/h8-11,15-18H,6-7H2,1-5H3. The summed E-state index contributed by atoms with van der Waals surface area (Å²) >= 11 is 0. The number of aryl methyl sites for hydroxylation is 1.